The highest BCUT2D eigenvalue weighted by Gasteiger charge is 2.29. The van der Waals surface area contributed by atoms with Crippen LogP contribution in [0.1, 0.15) is 26.7 Å². The van der Waals surface area contributed by atoms with E-state index in [0.29, 0.717) is 18.0 Å². The largest absolute Gasteiger partial charge is 0.485 e. The van der Waals surface area contributed by atoms with Crippen LogP contribution in [0.25, 0.3) is 0 Å². The number of carbonyl (C=O) groups excluding carboxylic acids is 1. The van der Waals surface area contributed by atoms with Crippen molar-refractivity contribution in [2.24, 2.45) is 5.73 Å². The molecule has 6 heteroatoms. The van der Waals surface area contributed by atoms with Crippen LogP contribution in [0, 0.1) is 0 Å². The van der Waals surface area contributed by atoms with Gasteiger partial charge in [0.25, 0.3) is 5.91 Å². The number of para-hydroxylation sites is 2. The van der Waals surface area contributed by atoms with Gasteiger partial charge in [-0.3, -0.25) is 4.79 Å². The quantitative estimate of drug-likeness (QED) is 0.870. The number of amides is 1. The van der Waals surface area contributed by atoms with Gasteiger partial charge < -0.3 is 20.5 Å². The molecule has 118 valence electrons. The Hall–Kier alpha value is -1.46. The molecule has 21 heavy (non-hydrogen) atoms. The summed E-state index contributed by atoms with van der Waals surface area (Å²) in [5.41, 5.74) is 5.81. The van der Waals surface area contributed by atoms with Crippen molar-refractivity contribution in [1.29, 1.82) is 0 Å². The maximum absolute atomic E-state index is 12.1. The number of hydrogen-bond acceptors (Lipinski definition) is 4. The summed E-state index contributed by atoms with van der Waals surface area (Å²) in [4.78, 5) is 12.1. The number of nitrogens with one attached hydrogen (secondary N) is 1. The Labute approximate surface area is 131 Å². The maximum atomic E-state index is 12.1. The number of rotatable bonds is 5. The molecule has 1 aromatic carbocycles. The number of halogens is 1. The van der Waals surface area contributed by atoms with Crippen molar-refractivity contribution in [3.05, 3.63) is 24.3 Å². The second-order valence-electron chi connectivity index (χ2n) is 5.15. The first-order valence-corrected chi connectivity index (χ1v) is 7.03. The Morgan fingerprint density at radius 2 is 1.95 bits per heavy atom. The molecular weight excluding hydrogens is 292 g/mol. The minimum absolute atomic E-state index is 0. The van der Waals surface area contributed by atoms with Crippen LogP contribution >= 0.6 is 12.4 Å². The fraction of sp³-hybridized carbons (Fsp3) is 0.533. The minimum atomic E-state index is -0.622. The van der Waals surface area contributed by atoms with Gasteiger partial charge in [-0.25, -0.2) is 0 Å². The molecule has 0 saturated carbocycles. The van der Waals surface area contributed by atoms with Crippen molar-refractivity contribution >= 4 is 18.3 Å². The van der Waals surface area contributed by atoms with E-state index in [1.807, 2.05) is 32.0 Å². The zero-order valence-corrected chi connectivity index (χ0v) is 13.2. The molecule has 1 amide bonds. The van der Waals surface area contributed by atoms with E-state index >= 15 is 0 Å². The summed E-state index contributed by atoms with van der Waals surface area (Å²) >= 11 is 0. The van der Waals surface area contributed by atoms with Crippen molar-refractivity contribution in [1.82, 2.24) is 5.32 Å². The fourth-order valence-corrected chi connectivity index (χ4v) is 2.03. The molecule has 3 N–H and O–H groups in total. The second-order valence-corrected chi connectivity index (χ2v) is 5.15. The van der Waals surface area contributed by atoms with Gasteiger partial charge in [0.2, 0.25) is 6.10 Å². The fourth-order valence-electron chi connectivity index (χ4n) is 2.03. The Kier molecular flexibility index (Phi) is 6.30. The molecule has 5 nitrogen and oxygen atoms in total. The van der Waals surface area contributed by atoms with Crippen molar-refractivity contribution in [3.63, 3.8) is 0 Å². The summed E-state index contributed by atoms with van der Waals surface area (Å²) in [6, 6.07) is 7.33. The standard InChI is InChI=1S/C15H22N2O3.ClH/c1-3-15(16,4-2)10-17-14(18)13-9-19-11-7-5-6-8-12(11)20-13;/h5-8,13H,3-4,9-10,16H2,1-2H3,(H,17,18);1H. The van der Waals surface area contributed by atoms with Crippen LogP contribution in [0.4, 0.5) is 0 Å². The van der Waals surface area contributed by atoms with Gasteiger partial charge in [0, 0.05) is 12.1 Å². The zero-order valence-electron chi connectivity index (χ0n) is 12.4. The maximum Gasteiger partial charge on any atom is 0.264 e. The van der Waals surface area contributed by atoms with Crippen LogP contribution in [-0.4, -0.2) is 30.7 Å². The van der Waals surface area contributed by atoms with Gasteiger partial charge in [-0.05, 0) is 25.0 Å². The van der Waals surface area contributed by atoms with E-state index in [1.54, 1.807) is 6.07 Å². The molecule has 1 heterocycles. The summed E-state index contributed by atoms with van der Waals surface area (Å²) in [5, 5.41) is 2.86. The van der Waals surface area contributed by atoms with E-state index < -0.39 is 6.10 Å². The summed E-state index contributed by atoms with van der Waals surface area (Å²) in [5.74, 6) is 1.09. The highest BCUT2D eigenvalue weighted by molar-refractivity contribution is 5.85. The highest BCUT2D eigenvalue weighted by Crippen LogP contribution is 2.30. The molecule has 2 rings (SSSR count). The van der Waals surface area contributed by atoms with E-state index in [-0.39, 0.29) is 30.5 Å². The first-order valence-electron chi connectivity index (χ1n) is 7.03. The zero-order chi connectivity index (χ0) is 14.6. The van der Waals surface area contributed by atoms with E-state index in [2.05, 4.69) is 5.32 Å². The highest BCUT2D eigenvalue weighted by atomic mass is 35.5. The van der Waals surface area contributed by atoms with Crippen LogP contribution in [0.2, 0.25) is 0 Å². The SMILES string of the molecule is CCC(N)(CC)CNC(=O)C1COc2ccccc2O1.Cl. The second kappa shape index (κ2) is 7.52. The van der Waals surface area contributed by atoms with Crippen molar-refractivity contribution in [3.8, 4) is 11.5 Å². The molecule has 0 spiro atoms. The lowest BCUT2D eigenvalue weighted by Crippen LogP contribution is -2.53. The average Bonchev–Trinajstić information content (AvgIpc) is 2.51. The van der Waals surface area contributed by atoms with Gasteiger partial charge in [0.15, 0.2) is 11.5 Å². The number of fused-ring (bicyclic) bond motifs is 1. The number of benzene rings is 1. The van der Waals surface area contributed by atoms with Gasteiger partial charge >= 0.3 is 0 Å². The Balaban J connectivity index is 0.00000220. The first-order chi connectivity index (χ1) is 9.58. The topological polar surface area (TPSA) is 73.6 Å². The van der Waals surface area contributed by atoms with Crippen LogP contribution in [-0.2, 0) is 4.79 Å². The van der Waals surface area contributed by atoms with E-state index in [9.17, 15) is 4.79 Å². The molecular formula is C15H23ClN2O3. The van der Waals surface area contributed by atoms with Gasteiger partial charge in [-0.15, -0.1) is 12.4 Å². The Morgan fingerprint density at radius 3 is 2.57 bits per heavy atom. The normalized spacial score (nSPS) is 16.8. The molecule has 1 aliphatic heterocycles. The van der Waals surface area contributed by atoms with Gasteiger partial charge in [0.1, 0.15) is 6.61 Å². The van der Waals surface area contributed by atoms with Crippen LogP contribution in [0.3, 0.4) is 0 Å². The summed E-state index contributed by atoms with van der Waals surface area (Å²) in [6.45, 7) is 4.71. The number of carbonyl (C=O) groups is 1. The number of ether oxygens (including phenoxy) is 2. The average molecular weight is 315 g/mol. The molecule has 1 aliphatic rings. The lowest BCUT2D eigenvalue weighted by atomic mass is 9.94. The molecule has 1 atom stereocenters. The van der Waals surface area contributed by atoms with Gasteiger partial charge in [-0.2, -0.15) is 0 Å². The number of hydrogen-bond donors (Lipinski definition) is 2. The third kappa shape index (κ3) is 4.25. The van der Waals surface area contributed by atoms with Crippen molar-refractivity contribution in [2.75, 3.05) is 13.2 Å². The third-order valence-corrected chi connectivity index (χ3v) is 3.82. The molecule has 0 radical (unpaired) electrons. The summed E-state index contributed by atoms with van der Waals surface area (Å²) in [7, 11) is 0. The van der Waals surface area contributed by atoms with E-state index in [1.165, 1.54) is 0 Å². The first kappa shape index (κ1) is 17.6. The summed E-state index contributed by atoms with van der Waals surface area (Å²) < 4.78 is 11.2. The van der Waals surface area contributed by atoms with Crippen LogP contribution < -0.4 is 20.5 Å². The van der Waals surface area contributed by atoms with Crippen LogP contribution in [0.5, 0.6) is 11.5 Å². The molecule has 1 unspecified atom stereocenters. The molecule has 0 aliphatic carbocycles. The van der Waals surface area contributed by atoms with E-state index in [0.717, 1.165) is 12.8 Å². The predicted molar refractivity (Wildman–Crippen MR) is 84.1 cm³/mol. The molecule has 1 aromatic rings. The van der Waals surface area contributed by atoms with Crippen LogP contribution in [0.15, 0.2) is 24.3 Å². The summed E-state index contributed by atoms with van der Waals surface area (Å²) in [6.07, 6.45) is 1.01. The van der Waals surface area contributed by atoms with Crippen molar-refractivity contribution < 1.29 is 14.3 Å². The smallest absolute Gasteiger partial charge is 0.264 e. The Bertz CT molecular complexity index is 478. The monoisotopic (exact) mass is 314 g/mol. The molecule has 0 saturated heterocycles. The van der Waals surface area contributed by atoms with Gasteiger partial charge in [0.05, 0.1) is 0 Å². The Morgan fingerprint density at radius 1 is 1.33 bits per heavy atom. The molecule has 0 fully saturated rings. The molecule has 0 aromatic heterocycles. The number of nitrogens with two attached hydrogens (primary N) is 1. The van der Waals surface area contributed by atoms with Crippen molar-refractivity contribution in [2.45, 2.75) is 38.3 Å². The van der Waals surface area contributed by atoms with Gasteiger partial charge in [-0.1, -0.05) is 26.0 Å². The lowest BCUT2D eigenvalue weighted by molar-refractivity contribution is -0.130. The molecule has 0 bridgehead atoms. The lowest BCUT2D eigenvalue weighted by Gasteiger charge is -2.29. The third-order valence-electron chi connectivity index (χ3n) is 3.82. The predicted octanol–water partition coefficient (Wildman–Crippen LogP) is 1.88. The van der Waals surface area contributed by atoms with E-state index in [4.69, 9.17) is 15.2 Å². The minimum Gasteiger partial charge on any atom is -0.485 e.